The van der Waals surface area contributed by atoms with Gasteiger partial charge >= 0.3 is 5.97 Å². The molecule has 0 spiro atoms. The lowest BCUT2D eigenvalue weighted by Gasteiger charge is -2.21. The van der Waals surface area contributed by atoms with Gasteiger partial charge in [-0.25, -0.2) is 4.98 Å². The lowest BCUT2D eigenvalue weighted by atomic mass is 10.1. The summed E-state index contributed by atoms with van der Waals surface area (Å²) in [6.45, 7) is 10.0. The molecule has 0 saturated carbocycles. The van der Waals surface area contributed by atoms with Gasteiger partial charge in [0.2, 0.25) is 0 Å². The maximum Gasteiger partial charge on any atom is 0.307 e. The highest BCUT2D eigenvalue weighted by atomic mass is 32.1. The number of thiazole rings is 1. The first-order valence-electron chi connectivity index (χ1n) is 5.82. The fourth-order valence-corrected chi connectivity index (χ4v) is 2.67. The number of hydrogen-bond donors (Lipinski definition) is 1. The Hall–Kier alpha value is -0.940. The first-order chi connectivity index (χ1) is 7.93. The van der Waals surface area contributed by atoms with Crippen LogP contribution in [0.25, 0.3) is 0 Å². The van der Waals surface area contributed by atoms with Crippen LogP contribution < -0.4 is 0 Å². The summed E-state index contributed by atoms with van der Waals surface area (Å²) in [4.78, 5) is 18.6. The third-order valence-corrected chi connectivity index (χ3v) is 3.83. The molecule has 0 bridgehead atoms. The highest BCUT2D eigenvalue weighted by Gasteiger charge is 2.16. The van der Waals surface area contributed by atoms with Gasteiger partial charge < -0.3 is 5.11 Å². The number of carboxylic acids is 1. The number of nitrogens with zero attached hydrogens (tertiary/aromatic N) is 2. The van der Waals surface area contributed by atoms with E-state index in [0.29, 0.717) is 6.54 Å². The Bertz CT molecular complexity index is 390. The molecule has 1 unspecified atom stereocenters. The lowest BCUT2D eigenvalue weighted by Crippen LogP contribution is -2.31. The molecule has 1 atom stereocenters. The number of hydrogen-bond acceptors (Lipinski definition) is 4. The average Bonchev–Trinajstić information content (AvgIpc) is 2.56. The van der Waals surface area contributed by atoms with E-state index in [4.69, 9.17) is 5.11 Å². The van der Waals surface area contributed by atoms with Crippen LogP contribution in [0.4, 0.5) is 0 Å². The Morgan fingerprint density at radius 2 is 2.18 bits per heavy atom. The number of aromatic nitrogens is 1. The zero-order chi connectivity index (χ0) is 13.0. The number of aryl methyl sites for hydroxylation is 2. The second kappa shape index (κ2) is 6.12. The Labute approximate surface area is 106 Å². The van der Waals surface area contributed by atoms with Gasteiger partial charge in [0, 0.05) is 18.0 Å². The van der Waals surface area contributed by atoms with Crippen molar-refractivity contribution >= 4 is 17.3 Å². The molecule has 1 N–H and O–H groups in total. The third-order valence-electron chi connectivity index (χ3n) is 2.77. The van der Waals surface area contributed by atoms with Crippen LogP contribution in [-0.2, 0) is 11.3 Å². The predicted molar refractivity (Wildman–Crippen MR) is 69.3 cm³/mol. The minimum atomic E-state index is -0.736. The van der Waals surface area contributed by atoms with Gasteiger partial charge in [0.15, 0.2) is 0 Å². The minimum absolute atomic E-state index is 0.329. The van der Waals surface area contributed by atoms with E-state index in [2.05, 4.69) is 16.8 Å². The van der Waals surface area contributed by atoms with Gasteiger partial charge in [-0.3, -0.25) is 9.69 Å². The molecular formula is C12H20N2O2S. The predicted octanol–water partition coefficient (Wildman–Crippen LogP) is 2.30. The van der Waals surface area contributed by atoms with E-state index in [1.807, 2.05) is 13.8 Å². The van der Waals surface area contributed by atoms with Crippen LogP contribution in [0.1, 0.15) is 29.4 Å². The van der Waals surface area contributed by atoms with E-state index in [0.717, 1.165) is 23.8 Å². The monoisotopic (exact) mass is 256 g/mol. The highest BCUT2D eigenvalue weighted by molar-refractivity contribution is 7.11. The first kappa shape index (κ1) is 14.1. The van der Waals surface area contributed by atoms with Gasteiger partial charge in [-0.05, 0) is 20.4 Å². The van der Waals surface area contributed by atoms with E-state index in [-0.39, 0.29) is 5.92 Å². The molecule has 0 fully saturated rings. The number of carbonyl (C=O) groups is 1. The zero-order valence-corrected chi connectivity index (χ0v) is 11.7. The smallest absolute Gasteiger partial charge is 0.307 e. The summed E-state index contributed by atoms with van der Waals surface area (Å²) in [6.07, 6.45) is 0. The van der Waals surface area contributed by atoms with Crippen molar-refractivity contribution in [2.45, 2.75) is 34.2 Å². The van der Waals surface area contributed by atoms with Gasteiger partial charge in [0.25, 0.3) is 0 Å². The maximum absolute atomic E-state index is 10.8. The molecule has 0 amide bonds. The van der Waals surface area contributed by atoms with Gasteiger partial charge in [-0.15, -0.1) is 11.3 Å². The Morgan fingerprint density at radius 1 is 1.53 bits per heavy atom. The van der Waals surface area contributed by atoms with Crippen molar-refractivity contribution in [2.75, 3.05) is 13.1 Å². The average molecular weight is 256 g/mol. The van der Waals surface area contributed by atoms with Crippen LogP contribution in [0.3, 0.4) is 0 Å². The molecule has 0 aliphatic rings. The van der Waals surface area contributed by atoms with E-state index >= 15 is 0 Å². The summed E-state index contributed by atoms with van der Waals surface area (Å²) in [5, 5.41) is 9.98. The van der Waals surface area contributed by atoms with Crippen LogP contribution in [0.5, 0.6) is 0 Å². The molecule has 0 saturated heterocycles. The van der Waals surface area contributed by atoms with Crippen LogP contribution in [0.15, 0.2) is 0 Å². The molecule has 1 aromatic heterocycles. The summed E-state index contributed by atoms with van der Waals surface area (Å²) < 4.78 is 0. The van der Waals surface area contributed by atoms with Crippen molar-refractivity contribution < 1.29 is 9.90 Å². The largest absolute Gasteiger partial charge is 0.481 e. The SMILES string of the molecule is CCN(Cc1sc(C)nc1C)CC(C)C(=O)O. The molecule has 0 radical (unpaired) electrons. The van der Waals surface area contributed by atoms with E-state index in [1.165, 1.54) is 4.88 Å². The number of carboxylic acid groups (broad SMARTS) is 1. The summed E-state index contributed by atoms with van der Waals surface area (Å²) in [7, 11) is 0. The molecule has 0 aliphatic carbocycles. The van der Waals surface area contributed by atoms with Crippen LogP contribution in [0.2, 0.25) is 0 Å². The molecule has 1 rings (SSSR count). The normalized spacial score (nSPS) is 13.0. The maximum atomic E-state index is 10.8. The van der Waals surface area contributed by atoms with Gasteiger partial charge in [-0.2, -0.15) is 0 Å². The number of rotatable bonds is 6. The Morgan fingerprint density at radius 3 is 2.59 bits per heavy atom. The van der Waals surface area contributed by atoms with Gasteiger partial charge in [0.1, 0.15) is 0 Å². The van der Waals surface area contributed by atoms with Gasteiger partial charge in [-0.1, -0.05) is 13.8 Å². The zero-order valence-electron chi connectivity index (χ0n) is 10.9. The molecule has 17 heavy (non-hydrogen) atoms. The summed E-state index contributed by atoms with van der Waals surface area (Å²) >= 11 is 1.69. The van der Waals surface area contributed by atoms with Crippen LogP contribution in [-0.4, -0.2) is 34.0 Å². The number of aliphatic carboxylic acids is 1. The summed E-state index contributed by atoms with van der Waals surface area (Å²) in [6, 6.07) is 0. The Kier molecular flexibility index (Phi) is 5.08. The minimum Gasteiger partial charge on any atom is -0.481 e. The molecule has 1 aromatic rings. The second-order valence-corrected chi connectivity index (χ2v) is 5.60. The molecular weight excluding hydrogens is 236 g/mol. The summed E-state index contributed by atoms with van der Waals surface area (Å²) in [5.74, 6) is -1.06. The molecule has 5 heteroatoms. The molecule has 0 aromatic carbocycles. The van der Waals surface area contributed by atoms with Crippen molar-refractivity contribution in [2.24, 2.45) is 5.92 Å². The third kappa shape index (κ3) is 4.09. The topological polar surface area (TPSA) is 53.4 Å². The second-order valence-electron chi connectivity index (χ2n) is 4.31. The first-order valence-corrected chi connectivity index (χ1v) is 6.63. The standard InChI is InChI=1S/C12H20N2O2S/c1-5-14(6-8(2)12(15)16)7-11-9(3)13-10(4)17-11/h8H,5-7H2,1-4H3,(H,15,16). The van der Waals surface area contributed by atoms with E-state index in [1.54, 1.807) is 18.3 Å². The molecule has 4 nitrogen and oxygen atoms in total. The van der Waals surface area contributed by atoms with Crippen LogP contribution in [0, 0.1) is 19.8 Å². The van der Waals surface area contributed by atoms with Gasteiger partial charge in [0.05, 0.1) is 16.6 Å². The quantitative estimate of drug-likeness (QED) is 0.848. The van der Waals surface area contributed by atoms with Crippen molar-refractivity contribution in [3.05, 3.63) is 15.6 Å². The van der Waals surface area contributed by atoms with E-state index < -0.39 is 5.97 Å². The Balaban J connectivity index is 2.64. The van der Waals surface area contributed by atoms with Crippen molar-refractivity contribution in [3.63, 3.8) is 0 Å². The molecule has 1 heterocycles. The van der Waals surface area contributed by atoms with Crippen LogP contribution >= 0.6 is 11.3 Å². The summed E-state index contributed by atoms with van der Waals surface area (Å²) in [5.41, 5.74) is 1.06. The van der Waals surface area contributed by atoms with Crippen molar-refractivity contribution in [3.8, 4) is 0 Å². The highest BCUT2D eigenvalue weighted by Crippen LogP contribution is 2.19. The molecule has 96 valence electrons. The fraction of sp³-hybridized carbons (Fsp3) is 0.667. The van der Waals surface area contributed by atoms with E-state index in [9.17, 15) is 4.79 Å². The lowest BCUT2D eigenvalue weighted by molar-refractivity contribution is -0.141. The van der Waals surface area contributed by atoms with Crippen molar-refractivity contribution in [1.82, 2.24) is 9.88 Å². The molecule has 0 aliphatic heterocycles. The fourth-order valence-electron chi connectivity index (χ4n) is 1.69. The van der Waals surface area contributed by atoms with Crippen molar-refractivity contribution in [1.29, 1.82) is 0 Å².